The van der Waals surface area contributed by atoms with Crippen molar-refractivity contribution in [3.05, 3.63) is 22.5 Å². The zero-order valence-electron chi connectivity index (χ0n) is 6.36. The number of nitrogens with two attached hydrogens (primary N) is 1. The Morgan fingerprint density at radius 1 is 1.73 bits per heavy atom. The van der Waals surface area contributed by atoms with Gasteiger partial charge in [-0.25, -0.2) is 0 Å². The van der Waals surface area contributed by atoms with E-state index in [2.05, 4.69) is 4.98 Å². The third-order valence-corrected chi connectivity index (χ3v) is 1.76. The second kappa shape index (κ2) is 3.76. The zero-order chi connectivity index (χ0) is 8.27. The van der Waals surface area contributed by atoms with Gasteiger partial charge in [-0.15, -0.1) is 0 Å². The van der Waals surface area contributed by atoms with Crippen molar-refractivity contribution in [3.8, 4) is 0 Å². The van der Waals surface area contributed by atoms with Crippen LogP contribution in [0.5, 0.6) is 0 Å². The van der Waals surface area contributed by atoms with E-state index >= 15 is 0 Å². The van der Waals surface area contributed by atoms with Crippen molar-refractivity contribution in [2.75, 3.05) is 7.11 Å². The molecule has 0 saturated carbocycles. The van der Waals surface area contributed by atoms with Crippen LogP contribution in [0.25, 0.3) is 0 Å². The van der Waals surface area contributed by atoms with Gasteiger partial charge in [0, 0.05) is 24.9 Å². The van der Waals surface area contributed by atoms with Gasteiger partial charge in [-0.05, 0) is 6.07 Å². The van der Waals surface area contributed by atoms with E-state index in [-0.39, 0.29) is 0 Å². The second-order valence-electron chi connectivity index (χ2n) is 2.27. The molecule has 1 heterocycles. The smallest absolute Gasteiger partial charge is 0.112 e. The number of methoxy groups -OCH3 is 1. The quantitative estimate of drug-likeness (QED) is 0.725. The van der Waals surface area contributed by atoms with Gasteiger partial charge in [-0.3, -0.25) is 0 Å². The van der Waals surface area contributed by atoms with Crippen molar-refractivity contribution in [1.82, 2.24) is 4.98 Å². The first-order valence-electron chi connectivity index (χ1n) is 3.33. The Labute approximate surface area is 70.5 Å². The summed E-state index contributed by atoms with van der Waals surface area (Å²) < 4.78 is 4.92. The molecular weight excluding hydrogens is 164 g/mol. The number of aromatic amines is 1. The van der Waals surface area contributed by atoms with Gasteiger partial charge >= 0.3 is 0 Å². The SMILES string of the molecule is COCc1cc(CN)[nH]c1Cl. The predicted octanol–water partition coefficient (Wildman–Crippen LogP) is 1.27. The normalized spacial score (nSPS) is 10.5. The summed E-state index contributed by atoms with van der Waals surface area (Å²) in [6.45, 7) is 0.999. The van der Waals surface area contributed by atoms with Gasteiger partial charge in [0.15, 0.2) is 0 Å². The molecule has 0 saturated heterocycles. The fraction of sp³-hybridized carbons (Fsp3) is 0.429. The molecule has 4 heteroatoms. The number of halogens is 1. The first-order valence-corrected chi connectivity index (χ1v) is 3.71. The van der Waals surface area contributed by atoms with Crippen LogP contribution in [0.4, 0.5) is 0 Å². The first-order chi connectivity index (χ1) is 5.27. The lowest BCUT2D eigenvalue weighted by atomic mass is 10.3. The molecule has 0 aromatic carbocycles. The van der Waals surface area contributed by atoms with Crippen molar-refractivity contribution in [2.45, 2.75) is 13.2 Å². The number of hydrogen-bond donors (Lipinski definition) is 2. The summed E-state index contributed by atoms with van der Waals surface area (Å²) >= 11 is 5.81. The average molecular weight is 175 g/mol. The monoisotopic (exact) mass is 174 g/mol. The highest BCUT2D eigenvalue weighted by atomic mass is 35.5. The molecule has 1 rings (SSSR count). The van der Waals surface area contributed by atoms with E-state index in [1.807, 2.05) is 6.07 Å². The average Bonchev–Trinajstić information content (AvgIpc) is 2.33. The summed E-state index contributed by atoms with van der Waals surface area (Å²) in [5.74, 6) is 0. The molecule has 0 aliphatic heterocycles. The Kier molecular flexibility index (Phi) is 2.93. The fourth-order valence-electron chi connectivity index (χ4n) is 0.901. The molecule has 0 radical (unpaired) electrons. The number of hydrogen-bond acceptors (Lipinski definition) is 2. The van der Waals surface area contributed by atoms with Crippen LogP contribution in [0.3, 0.4) is 0 Å². The molecule has 62 valence electrons. The van der Waals surface area contributed by atoms with E-state index in [4.69, 9.17) is 22.1 Å². The molecule has 0 fully saturated rings. The summed E-state index contributed by atoms with van der Waals surface area (Å²) in [4.78, 5) is 2.94. The molecule has 0 spiro atoms. The van der Waals surface area contributed by atoms with E-state index in [1.165, 1.54) is 0 Å². The molecule has 0 atom stereocenters. The third-order valence-electron chi connectivity index (χ3n) is 1.42. The Hall–Kier alpha value is -0.510. The van der Waals surface area contributed by atoms with Crippen molar-refractivity contribution in [3.63, 3.8) is 0 Å². The van der Waals surface area contributed by atoms with Crippen molar-refractivity contribution < 1.29 is 4.74 Å². The van der Waals surface area contributed by atoms with E-state index in [1.54, 1.807) is 7.11 Å². The molecule has 0 bridgehead atoms. The maximum atomic E-state index is 5.81. The molecular formula is C7H11ClN2O. The molecule has 11 heavy (non-hydrogen) atoms. The molecule has 3 nitrogen and oxygen atoms in total. The van der Waals surface area contributed by atoms with Crippen LogP contribution in [0.2, 0.25) is 5.15 Å². The molecule has 0 aliphatic carbocycles. The predicted molar refractivity (Wildman–Crippen MR) is 44.4 cm³/mol. The zero-order valence-corrected chi connectivity index (χ0v) is 7.11. The maximum Gasteiger partial charge on any atom is 0.112 e. The highest BCUT2D eigenvalue weighted by molar-refractivity contribution is 6.30. The summed E-state index contributed by atoms with van der Waals surface area (Å²) in [6, 6.07) is 1.91. The van der Waals surface area contributed by atoms with Crippen LogP contribution in [0.1, 0.15) is 11.3 Å². The number of aromatic nitrogens is 1. The standard InChI is InChI=1S/C7H11ClN2O/c1-11-4-5-2-6(3-9)10-7(5)8/h2,10H,3-4,9H2,1H3. The van der Waals surface area contributed by atoms with Crippen LogP contribution in [0, 0.1) is 0 Å². The summed E-state index contributed by atoms with van der Waals surface area (Å²) in [6.07, 6.45) is 0. The van der Waals surface area contributed by atoms with E-state index < -0.39 is 0 Å². The molecule has 1 aromatic rings. The maximum absolute atomic E-state index is 5.81. The topological polar surface area (TPSA) is 51.0 Å². The van der Waals surface area contributed by atoms with E-state index in [9.17, 15) is 0 Å². The van der Waals surface area contributed by atoms with Gasteiger partial charge in [-0.1, -0.05) is 11.6 Å². The van der Waals surface area contributed by atoms with Gasteiger partial charge in [0.2, 0.25) is 0 Å². The van der Waals surface area contributed by atoms with Crippen LogP contribution in [0.15, 0.2) is 6.07 Å². The van der Waals surface area contributed by atoms with Crippen LogP contribution >= 0.6 is 11.6 Å². The lowest BCUT2D eigenvalue weighted by Gasteiger charge is -1.92. The lowest BCUT2D eigenvalue weighted by Crippen LogP contribution is -1.95. The lowest BCUT2D eigenvalue weighted by molar-refractivity contribution is 0.185. The number of ether oxygens (including phenoxy) is 1. The Morgan fingerprint density at radius 2 is 2.45 bits per heavy atom. The van der Waals surface area contributed by atoms with Crippen molar-refractivity contribution in [2.24, 2.45) is 5.73 Å². The molecule has 0 aliphatic rings. The highest BCUT2D eigenvalue weighted by Crippen LogP contribution is 2.16. The number of nitrogens with one attached hydrogen (secondary N) is 1. The highest BCUT2D eigenvalue weighted by Gasteiger charge is 2.03. The minimum atomic E-state index is 0.476. The Bertz CT molecular complexity index is 234. The summed E-state index contributed by atoms with van der Waals surface area (Å²) in [5, 5.41) is 0.618. The summed E-state index contributed by atoms with van der Waals surface area (Å²) in [5.41, 5.74) is 7.28. The van der Waals surface area contributed by atoms with E-state index in [0.29, 0.717) is 18.3 Å². The van der Waals surface area contributed by atoms with Crippen molar-refractivity contribution in [1.29, 1.82) is 0 Å². The molecule has 1 aromatic heterocycles. The Morgan fingerprint density at radius 3 is 2.91 bits per heavy atom. The largest absolute Gasteiger partial charge is 0.380 e. The molecule has 3 N–H and O–H groups in total. The second-order valence-corrected chi connectivity index (χ2v) is 2.65. The van der Waals surface area contributed by atoms with E-state index in [0.717, 1.165) is 11.3 Å². The summed E-state index contributed by atoms with van der Waals surface area (Å²) in [7, 11) is 1.63. The minimum Gasteiger partial charge on any atom is -0.380 e. The van der Waals surface area contributed by atoms with Gasteiger partial charge in [-0.2, -0.15) is 0 Å². The first kappa shape index (κ1) is 8.59. The van der Waals surface area contributed by atoms with Crippen LogP contribution in [-0.2, 0) is 17.9 Å². The minimum absolute atomic E-state index is 0.476. The number of H-pyrrole nitrogens is 1. The van der Waals surface area contributed by atoms with Gasteiger partial charge in [0.1, 0.15) is 5.15 Å². The van der Waals surface area contributed by atoms with Gasteiger partial charge in [0.25, 0.3) is 0 Å². The van der Waals surface area contributed by atoms with Crippen LogP contribution in [-0.4, -0.2) is 12.1 Å². The van der Waals surface area contributed by atoms with Gasteiger partial charge < -0.3 is 15.5 Å². The molecule has 0 amide bonds. The fourth-order valence-corrected chi connectivity index (χ4v) is 1.13. The molecule has 0 unspecified atom stereocenters. The third kappa shape index (κ3) is 1.96. The van der Waals surface area contributed by atoms with Gasteiger partial charge in [0.05, 0.1) is 6.61 Å². The van der Waals surface area contributed by atoms with Crippen molar-refractivity contribution >= 4 is 11.6 Å². The Balaban J connectivity index is 2.79. The van der Waals surface area contributed by atoms with Crippen LogP contribution < -0.4 is 5.73 Å². The number of rotatable bonds is 3.